The number of carboxylic acids is 2. The van der Waals surface area contributed by atoms with Gasteiger partial charge in [-0.1, -0.05) is 0 Å². The van der Waals surface area contributed by atoms with Gasteiger partial charge in [-0.15, -0.1) is 0 Å². The van der Waals surface area contributed by atoms with Crippen LogP contribution in [0.1, 0.15) is 26.3 Å². The summed E-state index contributed by atoms with van der Waals surface area (Å²) in [5, 5.41) is 17.6. The summed E-state index contributed by atoms with van der Waals surface area (Å²) in [6, 6.07) is 4.04. The Morgan fingerprint density at radius 3 is 2.00 bits per heavy atom. The molecule has 1 aromatic carbocycles. The molecule has 86 valence electrons. The topological polar surface area (TPSA) is 83.8 Å². The predicted octanol–water partition coefficient (Wildman–Crippen LogP) is 1.27. The Hall–Kier alpha value is -1.88. The van der Waals surface area contributed by atoms with Crippen LogP contribution in [-0.2, 0) is 11.2 Å². The first-order valence-electron chi connectivity index (χ1n) is 4.64. The van der Waals surface area contributed by atoms with Crippen molar-refractivity contribution in [1.29, 1.82) is 0 Å². The Bertz CT molecular complexity index is 379. The number of hydrogen-bond acceptors (Lipinski definition) is 3. The van der Waals surface area contributed by atoms with Crippen molar-refractivity contribution in [2.75, 3.05) is 13.7 Å². The normalized spacial score (nSPS) is 10.1. The summed E-state index contributed by atoms with van der Waals surface area (Å²) < 4.78 is 4.85. The summed E-state index contributed by atoms with van der Waals surface area (Å²) >= 11 is 0. The van der Waals surface area contributed by atoms with E-state index in [9.17, 15) is 9.59 Å². The fourth-order valence-corrected chi connectivity index (χ4v) is 1.30. The fraction of sp³-hybridized carbons (Fsp3) is 0.273. The smallest absolute Gasteiger partial charge is 0.335 e. The summed E-state index contributed by atoms with van der Waals surface area (Å²) in [6.45, 7) is 0.419. The average Bonchev–Trinajstić information content (AvgIpc) is 2.25. The van der Waals surface area contributed by atoms with Crippen molar-refractivity contribution in [1.82, 2.24) is 0 Å². The van der Waals surface area contributed by atoms with Crippen molar-refractivity contribution in [3.05, 3.63) is 34.9 Å². The maximum atomic E-state index is 10.8. The lowest BCUT2D eigenvalue weighted by Gasteiger charge is -2.04. The number of carbonyl (C=O) groups is 2. The van der Waals surface area contributed by atoms with Crippen molar-refractivity contribution in [2.24, 2.45) is 0 Å². The SMILES string of the molecule is COCCc1cc(C(=O)O)cc(C(=O)O)c1. The number of carboxylic acid groups (broad SMARTS) is 2. The molecule has 1 rings (SSSR count). The van der Waals surface area contributed by atoms with E-state index in [0.717, 1.165) is 6.07 Å². The lowest BCUT2D eigenvalue weighted by Crippen LogP contribution is -2.05. The second-order valence-electron chi connectivity index (χ2n) is 3.27. The van der Waals surface area contributed by atoms with Crippen LogP contribution in [0.25, 0.3) is 0 Å². The molecule has 0 atom stereocenters. The second kappa shape index (κ2) is 5.27. The van der Waals surface area contributed by atoms with Crippen LogP contribution in [0.5, 0.6) is 0 Å². The summed E-state index contributed by atoms with van der Waals surface area (Å²) in [4.78, 5) is 21.6. The molecular weight excluding hydrogens is 212 g/mol. The molecule has 1 aromatic rings. The molecular formula is C11H12O5. The van der Waals surface area contributed by atoms with Gasteiger partial charge < -0.3 is 14.9 Å². The van der Waals surface area contributed by atoms with Gasteiger partial charge >= 0.3 is 11.9 Å². The lowest BCUT2D eigenvalue weighted by molar-refractivity contribution is 0.0696. The highest BCUT2D eigenvalue weighted by Crippen LogP contribution is 2.11. The van der Waals surface area contributed by atoms with Gasteiger partial charge in [0.25, 0.3) is 0 Å². The largest absolute Gasteiger partial charge is 0.478 e. The molecule has 5 nitrogen and oxygen atoms in total. The van der Waals surface area contributed by atoms with Crippen molar-refractivity contribution >= 4 is 11.9 Å². The Morgan fingerprint density at radius 2 is 1.62 bits per heavy atom. The van der Waals surface area contributed by atoms with Gasteiger partial charge in [0.1, 0.15) is 0 Å². The van der Waals surface area contributed by atoms with Crippen LogP contribution in [0.15, 0.2) is 18.2 Å². The van der Waals surface area contributed by atoms with E-state index in [1.807, 2.05) is 0 Å². The van der Waals surface area contributed by atoms with Crippen LogP contribution < -0.4 is 0 Å². The standard InChI is InChI=1S/C11H12O5/c1-16-3-2-7-4-8(10(12)13)6-9(5-7)11(14)15/h4-6H,2-3H2,1H3,(H,12,13)(H,14,15). The van der Waals surface area contributed by atoms with E-state index in [-0.39, 0.29) is 11.1 Å². The lowest BCUT2D eigenvalue weighted by atomic mass is 10.0. The highest BCUT2D eigenvalue weighted by Gasteiger charge is 2.11. The number of methoxy groups -OCH3 is 1. The van der Waals surface area contributed by atoms with Gasteiger partial charge in [0, 0.05) is 7.11 Å². The van der Waals surface area contributed by atoms with E-state index in [1.54, 1.807) is 0 Å². The summed E-state index contributed by atoms with van der Waals surface area (Å²) in [6.07, 6.45) is 0.484. The summed E-state index contributed by atoms with van der Waals surface area (Å²) in [5.41, 5.74) is 0.594. The zero-order chi connectivity index (χ0) is 12.1. The Balaban J connectivity index is 3.08. The molecule has 0 saturated carbocycles. The van der Waals surface area contributed by atoms with Gasteiger partial charge in [-0.3, -0.25) is 0 Å². The highest BCUT2D eigenvalue weighted by atomic mass is 16.5. The number of ether oxygens (including phenoxy) is 1. The molecule has 16 heavy (non-hydrogen) atoms. The minimum atomic E-state index is -1.14. The van der Waals surface area contributed by atoms with E-state index >= 15 is 0 Å². The molecule has 2 N–H and O–H groups in total. The van der Waals surface area contributed by atoms with Gasteiger partial charge in [0.15, 0.2) is 0 Å². The van der Waals surface area contributed by atoms with Crippen LogP contribution in [-0.4, -0.2) is 35.9 Å². The van der Waals surface area contributed by atoms with E-state index in [1.165, 1.54) is 19.2 Å². The number of benzene rings is 1. The molecule has 0 aromatic heterocycles. The third-order valence-electron chi connectivity index (χ3n) is 2.08. The molecule has 0 aliphatic carbocycles. The first kappa shape index (κ1) is 12.2. The summed E-state index contributed by atoms with van der Waals surface area (Å²) in [5.74, 6) is -2.27. The maximum absolute atomic E-state index is 10.8. The van der Waals surface area contributed by atoms with Gasteiger partial charge in [-0.05, 0) is 30.2 Å². The van der Waals surface area contributed by atoms with E-state index in [4.69, 9.17) is 14.9 Å². The molecule has 0 saturated heterocycles. The molecule has 0 aliphatic rings. The van der Waals surface area contributed by atoms with E-state index in [0.29, 0.717) is 18.6 Å². The quantitative estimate of drug-likeness (QED) is 0.786. The summed E-state index contributed by atoms with van der Waals surface area (Å²) in [7, 11) is 1.53. The van der Waals surface area contributed by atoms with Crippen LogP contribution >= 0.6 is 0 Å². The van der Waals surface area contributed by atoms with E-state index in [2.05, 4.69) is 0 Å². The second-order valence-corrected chi connectivity index (χ2v) is 3.27. The molecule has 0 unspecified atom stereocenters. The molecule has 0 aliphatic heterocycles. The molecule has 0 fully saturated rings. The molecule has 0 heterocycles. The third-order valence-corrected chi connectivity index (χ3v) is 2.08. The third kappa shape index (κ3) is 3.06. The van der Waals surface area contributed by atoms with Crippen LogP contribution in [0.4, 0.5) is 0 Å². The highest BCUT2D eigenvalue weighted by molar-refractivity contribution is 5.94. The fourth-order valence-electron chi connectivity index (χ4n) is 1.30. The minimum Gasteiger partial charge on any atom is -0.478 e. The molecule has 0 radical (unpaired) electrons. The average molecular weight is 224 g/mol. The van der Waals surface area contributed by atoms with Gasteiger partial charge in [0.2, 0.25) is 0 Å². The first-order chi connectivity index (χ1) is 7.54. The molecule has 0 bridgehead atoms. The van der Waals surface area contributed by atoms with Crippen LogP contribution in [0.2, 0.25) is 0 Å². The maximum Gasteiger partial charge on any atom is 0.335 e. The van der Waals surface area contributed by atoms with Gasteiger partial charge in [-0.25, -0.2) is 9.59 Å². The van der Waals surface area contributed by atoms with Crippen molar-refractivity contribution in [3.63, 3.8) is 0 Å². The number of rotatable bonds is 5. The zero-order valence-corrected chi connectivity index (χ0v) is 8.77. The van der Waals surface area contributed by atoms with Gasteiger partial charge in [0.05, 0.1) is 17.7 Å². The van der Waals surface area contributed by atoms with Crippen LogP contribution in [0, 0.1) is 0 Å². The Labute approximate surface area is 92.3 Å². The van der Waals surface area contributed by atoms with Crippen molar-refractivity contribution in [3.8, 4) is 0 Å². The van der Waals surface area contributed by atoms with E-state index < -0.39 is 11.9 Å². The van der Waals surface area contributed by atoms with Gasteiger partial charge in [-0.2, -0.15) is 0 Å². The zero-order valence-electron chi connectivity index (χ0n) is 8.77. The molecule has 0 spiro atoms. The van der Waals surface area contributed by atoms with Crippen molar-refractivity contribution in [2.45, 2.75) is 6.42 Å². The first-order valence-corrected chi connectivity index (χ1v) is 4.64. The molecule has 5 heteroatoms. The number of hydrogen-bond donors (Lipinski definition) is 2. The Morgan fingerprint density at radius 1 is 1.12 bits per heavy atom. The minimum absolute atomic E-state index is 0.0222. The number of aromatic carboxylic acids is 2. The van der Waals surface area contributed by atoms with Crippen LogP contribution in [0.3, 0.4) is 0 Å². The monoisotopic (exact) mass is 224 g/mol. The Kier molecular flexibility index (Phi) is 4.02. The van der Waals surface area contributed by atoms with Crippen molar-refractivity contribution < 1.29 is 24.5 Å². The predicted molar refractivity (Wildman–Crippen MR) is 55.9 cm³/mol. The molecule has 0 amide bonds.